The van der Waals surface area contributed by atoms with Crippen molar-refractivity contribution < 1.29 is 0 Å². The van der Waals surface area contributed by atoms with Crippen molar-refractivity contribution in [2.45, 2.75) is 13.8 Å². The highest BCUT2D eigenvalue weighted by atomic mass is 15.1. The maximum absolute atomic E-state index is 10.1. The number of nitriles is 3. The molecule has 1 heterocycles. The quantitative estimate of drug-likeness (QED) is 0.161. The van der Waals surface area contributed by atoms with E-state index in [1.54, 1.807) is 0 Å². The number of aryl methyl sites for hydroxylation is 2. The number of imidazole rings is 1. The molecule has 1 aliphatic rings. The Morgan fingerprint density at radius 1 is 0.362 bits per heavy atom. The minimum Gasteiger partial charge on any atom is -0.292 e. The first-order chi connectivity index (χ1) is 33.9. The van der Waals surface area contributed by atoms with E-state index in [-0.39, 0.29) is 0 Å². The first-order valence-electron chi connectivity index (χ1n) is 23.0. The molecule has 0 aliphatic heterocycles. The Morgan fingerprint density at radius 3 is 1.58 bits per heavy atom. The molecule has 13 rings (SSSR count). The molecule has 5 heteroatoms. The van der Waals surface area contributed by atoms with Crippen molar-refractivity contribution in [3.05, 3.63) is 216 Å². The average molecular weight is 876 g/mol. The van der Waals surface area contributed by atoms with Crippen molar-refractivity contribution in [3.63, 3.8) is 0 Å². The molecule has 12 aromatic rings. The van der Waals surface area contributed by atoms with Crippen LogP contribution in [0.15, 0.2) is 188 Å². The van der Waals surface area contributed by atoms with Crippen molar-refractivity contribution in [1.29, 1.82) is 15.8 Å². The Bertz CT molecular complexity index is 4350. The zero-order valence-electron chi connectivity index (χ0n) is 37.6. The molecule has 0 spiro atoms. The van der Waals surface area contributed by atoms with Crippen LogP contribution in [0.4, 0.5) is 0 Å². The van der Waals surface area contributed by atoms with Crippen LogP contribution in [-0.2, 0) is 0 Å². The molecule has 69 heavy (non-hydrogen) atoms. The molecule has 0 bridgehead atoms. The van der Waals surface area contributed by atoms with E-state index in [0.29, 0.717) is 16.7 Å². The summed E-state index contributed by atoms with van der Waals surface area (Å²) in [6, 6.07) is 73.0. The zero-order chi connectivity index (χ0) is 46.5. The fraction of sp³-hybridized carbons (Fsp3) is 0.0312. The van der Waals surface area contributed by atoms with Gasteiger partial charge in [0.2, 0.25) is 0 Å². The van der Waals surface area contributed by atoms with Crippen LogP contribution in [-0.4, -0.2) is 9.55 Å². The monoisotopic (exact) mass is 875 g/mol. The molecule has 0 atom stereocenters. The molecule has 0 unspecified atom stereocenters. The standard InChI is InChI=1S/C64H37N5/c1-37-27-39(34-65)15-22-45(37)53-31-59-55(48-24-17-41(36-67)29-52(48)53)30-54(46-23-16-40(35-66)28-38(46)2)58-32-56-50-12-8-11-49-47(25-26-51(63(49)50)57(56)33-60(58)59)42-18-20-44(21-19-42)69-62-14-7-6-13-61(62)68-64(69)43-9-4-3-5-10-43/h3-33H,1-2H3. The molecule has 0 N–H and O–H groups in total. The minimum absolute atomic E-state index is 0.585. The highest BCUT2D eigenvalue weighted by Crippen LogP contribution is 2.53. The number of nitrogens with zero attached hydrogens (tertiary/aromatic N) is 5. The Kier molecular flexibility index (Phi) is 8.77. The van der Waals surface area contributed by atoms with Crippen molar-refractivity contribution in [2.24, 2.45) is 0 Å². The lowest BCUT2D eigenvalue weighted by atomic mass is 9.84. The van der Waals surface area contributed by atoms with Crippen molar-refractivity contribution in [2.75, 3.05) is 0 Å². The number of hydrogen-bond donors (Lipinski definition) is 0. The molecule has 1 aliphatic carbocycles. The van der Waals surface area contributed by atoms with Gasteiger partial charge in [0.05, 0.1) is 45.9 Å². The van der Waals surface area contributed by atoms with Gasteiger partial charge in [-0.05, 0) is 209 Å². The molecular weight excluding hydrogens is 839 g/mol. The highest BCUT2D eigenvalue weighted by Gasteiger charge is 2.26. The normalized spacial score (nSPS) is 11.6. The van der Waals surface area contributed by atoms with Gasteiger partial charge in [0.1, 0.15) is 5.82 Å². The van der Waals surface area contributed by atoms with E-state index < -0.39 is 0 Å². The fourth-order valence-corrected chi connectivity index (χ4v) is 11.1. The zero-order valence-corrected chi connectivity index (χ0v) is 37.6. The van der Waals surface area contributed by atoms with Gasteiger partial charge in [-0.25, -0.2) is 4.98 Å². The van der Waals surface area contributed by atoms with E-state index in [1.807, 2.05) is 61.5 Å². The molecule has 11 aromatic carbocycles. The van der Waals surface area contributed by atoms with Crippen molar-refractivity contribution in [1.82, 2.24) is 9.55 Å². The van der Waals surface area contributed by atoms with Crippen LogP contribution in [0.1, 0.15) is 27.8 Å². The Hall–Kier alpha value is -9.60. The van der Waals surface area contributed by atoms with Crippen LogP contribution in [0.3, 0.4) is 0 Å². The smallest absolute Gasteiger partial charge is 0.145 e. The van der Waals surface area contributed by atoms with Crippen LogP contribution in [0.25, 0.3) is 127 Å². The van der Waals surface area contributed by atoms with Crippen LogP contribution >= 0.6 is 0 Å². The van der Waals surface area contributed by atoms with Gasteiger partial charge in [0.15, 0.2) is 0 Å². The number of benzene rings is 11. The van der Waals surface area contributed by atoms with E-state index in [0.717, 1.165) is 99.4 Å². The fourth-order valence-electron chi connectivity index (χ4n) is 11.1. The third-order valence-electron chi connectivity index (χ3n) is 14.3. The lowest BCUT2D eigenvalue weighted by molar-refractivity contribution is 1.10. The maximum Gasteiger partial charge on any atom is 0.145 e. The molecule has 0 saturated heterocycles. The Labute approximate surface area is 398 Å². The van der Waals surface area contributed by atoms with Crippen LogP contribution in [0.5, 0.6) is 0 Å². The number of aromatic nitrogens is 2. The molecule has 5 nitrogen and oxygen atoms in total. The Morgan fingerprint density at radius 2 is 0.899 bits per heavy atom. The summed E-state index contributed by atoms with van der Waals surface area (Å²) in [5.74, 6) is 0.909. The van der Waals surface area contributed by atoms with Gasteiger partial charge in [-0.1, -0.05) is 103 Å². The second kappa shape index (κ2) is 15.2. The topological polar surface area (TPSA) is 89.2 Å². The van der Waals surface area contributed by atoms with Crippen molar-refractivity contribution in [3.8, 4) is 90.9 Å². The summed E-state index contributed by atoms with van der Waals surface area (Å²) in [7, 11) is 0. The maximum atomic E-state index is 10.1. The minimum atomic E-state index is 0.585. The molecule has 0 amide bonds. The molecular formula is C64H37N5. The summed E-state index contributed by atoms with van der Waals surface area (Å²) in [4.78, 5) is 5.08. The van der Waals surface area contributed by atoms with E-state index >= 15 is 0 Å². The number of rotatable bonds is 5. The van der Waals surface area contributed by atoms with Gasteiger partial charge in [0.25, 0.3) is 0 Å². The number of fused-ring (bicyclic) bond motifs is 9. The van der Waals surface area contributed by atoms with Crippen LogP contribution in [0.2, 0.25) is 0 Å². The lowest BCUT2D eigenvalue weighted by Gasteiger charge is -2.19. The third-order valence-corrected chi connectivity index (χ3v) is 14.3. The van der Waals surface area contributed by atoms with E-state index in [9.17, 15) is 15.8 Å². The van der Waals surface area contributed by atoms with Gasteiger partial charge < -0.3 is 0 Å². The van der Waals surface area contributed by atoms with E-state index in [1.165, 1.54) is 38.6 Å². The summed E-state index contributed by atoms with van der Waals surface area (Å²) >= 11 is 0. The first kappa shape index (κ1) is 39.7. The molecule has 1 aromatic heterocycles. The first-order valence-corrected chi connectivity index (χ1v) is 23.0. The number of para-hydroxylation sites is 2. The number of hydrogen-bond acceptors (Lipinski definition) is 4. The van der Waals surface area contributed by atoms with E-state index in [4.69, 9.17) is 4.98 Å². The second-order valence-corrected chi connectivity index (χ2v) is 18.1. The summed E-state index contributed by atoms with van der Waals surface area (Å²) in [5, 5.41) is 38.6. The predicted molar refractivity (Wildman–Crippen MR) is 281 cm³/mol. The van der Waals surface area contributed by atoms with Crippen molar-refractivity contribution >= 4 is 54.1 Å². The third kappa shape index (κ3) is 6.04. The molecule has 0 radical (unpaired) electrons. The highest BCUT2D eigenvalue weighted by molar-refractivity contribution is 6.27. The van der Waals surface area contributed by atoms with Gasteiger partial charge in [-0.2, -0.15) is 15.8 Å². The summed E-state index contributed by atoms with van der Waals surface area (Å²) in [5.41, 5.74) is 19.2. The average Bonchev–Trinajstić information content (AvgIpc) is 3.94. The van der Waals surface area contributed by atoms with E-state index in [2.05, 4.69) is 163 Å². The molecule has 0 saturated carbocycles. The summed E-state index contributed by atoms with van der Waals surface area (Å²) in [6.45, 7) is 4.13. The van der Waals surface area contributed by atoms with Gasteiger partial charge >= 0.3 is 0 Å². The van der Waals surface area contributed by atoms with Gasteiger partial charge in [0, 0.05) is 11.3 Å². The second-order valence-electron chi connectivity index (χ2n) is 18.1. The van der Waals surface area contributed by atoms with Crippen LogP contribution in [0, 0.1) is 47.8 Å². The van der Waals surface area contributed by atoms with Gasteiger partial charge in [-0.3, -0.25) is 4.57 Å². The summed E-state index contributed by atoms with van der Waals surface area (Å²) < 4.78 is 2.25. The Balaban J connectivity index is 1.03. The van der Waals surface area contributed by atoms with Crippen LogP contribution < -0.4 is 0 Å². The predicted octanol–water partition coefficient (Wildman–Crippen LogP) is 16.2. The lowest BCUT2D eigenvalue weighted by Crippen LogP contribution is -1.97. The molecule has 318 valence electrons. The largest absolute Gasteiger partial charge is 0.292 e. The molecule has 0 fully saturated rings. The SMILES string of the molecule is Cc1cc(C#N)ccc1-c1cc2c3cc4c(cc3c(-c3ccc(C#N)cc3C)cc2c2ccc(C#N)cc12)-c1cccc2c(-c3ccc(-n5c(-c6ccccc6)nc6ccccc65)cc3)ccc-4c12. The summed E-state index contributed by atoms with van der Waals surface area (Å²) in [6.07, 6.45) is 0. The van der Waals surface area contributed by atoms with Gasteiger partial charge in [-0.15, -0.1) is 0 Å².